The molecule has 128 valence electrons. The molecule has 4 nitrogen and oxygen atoms in total. The van der Waals surface area contributed by atoms with Crippen LogP contribution < -0.4 is 11.1 Å². The fourth-order valence-electron chi connectivity index (χ4n) is 3.11. The number of halogens is 1. The molecule has 24 heavy (non-hydrogen) atoms. The first-order chi connectivity index (χ1) is 11.4. The van der Waals surface area contributed by atoms with Gasteiger partial charge in [-0.05, 0) is 38.8 Å². The zero-order valence-electron chi connectivity index (χ0n) is 13.9. The summed E-state index contributed by atoms with van der Waals surface area (Å²) < 4.78 is 0. The topological polar surface area (TPSA) is 68.0 Å². The molecule has 1 saturated carbocycles. The van der Waals surface area contributed by atoms with Gasteiger partial charge >= 0.3 is 0 Å². The van der Waals surface area contributed by atoms with Gasteiger partial charge in [0, 0.05) is 15.5 Å². The van der Waals surface area contributed by atoms with E-state index < -0.39 is 5.54 Å². The summed E-state index contributed by atoms with van der Waals surface area (Å²) in [5.41, 5.74) is 7.49. The number of rotatable bonds is 4. The van der Waals surface area contributed by atoms with Gasteiger partial charge in [-0.25, -0.2) is 4.98 Å². The molecule has 1 heterocycles. The van der Waals surface area contributed by atoms with Gasteiger partial charge in [0.25, 0.3) is 0 Å². The monoisotopic (exact) mass is 363 g/mol. The number of carbonyl (C=O) groups is 1. The number of nitrogens with two attached hydrogens (primary N) is 1. The fourth-order valence-corrected chi connectivity index (χ4v) is 4.19. The second-order valence-corrected chi connectivity index (χ2v) is 8.19. The Kier molecular flexibility index (Phi) is 4.95. The predicted molar refractivity (Wildman–Crippen MR) is 99.2 cm³/mol. The van der Waals surface area contributed by atoms with E-state index >= 15 is 0 Å². The van der Waals surface area contributed by atoms with Crippen molar-refractivity contribution in [1.82, 2.24) is 10.3 Å². The van der Waals surface area contributed by atoms with Crippen LogP contribution in [0.4, 0.5) is 0 Å². The third-order valence-electron chi connectivity index (χ3n) is 4.60. The smallest absolute Gasteiger partial charge is 0.240 e. The first-order valence-electron chi connectivity index (χ1n) is 8.22. The first kappa shape index (κ1) is 17.4. The van der Waals surface area contributed by atoms with E-state index in [1.807, 2.05) is 38.1 Å². The summed E-state index contributed by atoms with van der Waals surface area (Å²) in [7, 11) is 0. The van der Waals surface area contributed by atoms with Gasteiger partial charge in [-0.3, -0.25) is 4.79 Å². The highest BCUT2D eigenvalue weighted by Crippen LogP contribution is 2.32. The van der Waals surface area contributed by atoms with E-state index in [1.165, 1.54) is 0 Å². The number of aryl methyl sites for hydroxylation is 1. The van der Waals surface area contributed by atoms with Crippen molar-refractivity contribution >= 4 is 28.8 Å². The van der Waals surface area contributed by atoms with Crippen LogP contribution in [0.2, 0.25) is 5.02 Å². The highest BCUT2D eigenvalue weighted by Gasteiger charge is 2.37. The summed E-state index contributed by atoms with van der Waals surface area (Å²) in [5, 5.41) is 4.64. The third-order valence-corrected chi connectivity index (χ3v) is 6.00. The molecule has 0 bridgehead atoms. The number of nitrogens with one attached hydrogen (secondary N) is 1. The molecule has 1 amide bonds. The lowest BCUT2D eigenvalue weighted by Crippen LogP contribution is -2.52. The van der Waals surface area contributed by atoms with Crippen LogP contribution in [-0.4, -0.2) is 16.4 Å². The van der Waals surface area contributed by atoms with E-state index in [9.17, 15) is 4.79 Å². The predicted octanol–water partition coefficient (Wildman–Crippen LogP) is 4.22. The Labute approximate surface area is 151 Å². The molecule has 3 N–H and O–H groups in total. The summed E-state index contributed by atoms with van der Waals surface area (Å²) in [6.07, 6.45) is 3.57. The second kappa shape index (κ2) is 6.82. The summed E-state index contributed by atoms with van der Waals surface area (Å²) >= 11 is 7.56. The van der Waals surface area contributed by atoms with Crippen molar-refractivity contribution in [2.75, 3.05) is 0 Å². The Morgan fingerprint density at radius 2 is 1.96 bits per heavy atom. The molecule has 1 aliphatic rings. The van der Waals surface area contributed by atoms with Gasteiger partial charge < -0.3 is 11.1 Å². The number of carbonyl (C=O) groups excluding carboxylic acids is 1. The maximum atomic E-state index is 12.5. The zero-order chi connectivity index (χ0) is 17.3. The van der Waals surface area contributed by atoms with Gasteiger partial charge in [0.1, 0.15) is 5.01 Å². The van der Waals surface area contributed by atoms with Crippen LogP contribution in [0, 0.1) is 6.92 Å². The fraction of sp³-hybridized carbons (Fsp3) is 0.444. The number of amides is 1. The van der Waals surface area contributed by atoms with E-state index in [2.05, 4.69) is 5.32 Å². The molecule has 1 aliphatic carbocycles. The molecule has 1 fully saturated rings. The molecule has 1 aromatic carbocycles. The lowest BCUT2D eigenvalue weighted by Gasteiger charge is -2.24. The highest BCUT2D eigenvalue weighted by atomic mass is 35.5. The Bertz CT molecular complexity index is 735. The van der Waals surface area contributed by atoms with Gasteiger partial charge in [-0.1, -0.05) is 36.6 Å². The molecule has 1 unspecified atom stereocenters. The van der Waals surface area contributed by atoms with Crippen LogP contribution in [0.3, 0.4) is 0 Å². The van der Waals surface area contributed by atoms with Gasteiger partial charge in [0.05, 0.1) is 17.3 Å². The molecule has 0 saturated heterocycles. The van der Waals surface area contributed by atoms with Crippen LogP contribution in [-0.2, 0) is 4.79 Å². The summed E-state index contributed by atoms with van der Waals surface area (Å²) in [5.74, 6) is -0.0617. The lowest BCUT2D eigenvalue weighted by molar-refractivity contribution is -0.126. The molecule has 3 rings (SSSR count). The van der Waals surface area contributed by atoms with Crippen LogP contribution >= 0.6 is 22.9 Å². The normalized spacial score (nSPS) is 17.7. The zero-order valence-corrected chi connectivity index (χ0v) is 15.5. The van der Waals surface area contributed by atoms with E-state index in [-0.39, 0.29) is 11.9 Å². The minimum atomic E-state index is -0.709. The molecule has 0 radical (unpaired) electrons. The largest absolute Gasteiger partial charge is 0.346 e. The van der Waals surface area contributed by atoms with E-state index in [0.717, 1.165) is 46.8 Å². The van der Waals surface area contributed by atoms with Gasteiger partial charge in [0.2, 0.25) is 5.91 Å². The molecular formula is C18H22ClN3OS. The van der Waals surface area contributed by atoms with Crippen molar-refractivity contribution < 1.29 is 4.79 Å². The number of thiazole rings is 1. The third kappa shape index (κ3) is 3.48. The maximum absolute atomic E-state index is 12.5. The van der Waals surface area contributed by atoms with E-state index in [0.29, 0.717) is 5.02 Å². The van der Waals surface area contributed by atoms with Gasteiger partial charge in [0.15, 0.2) is 0 Å². The quantitative estimate of drug-likeness (QED) is 0.854. The average Bonchev–Trinajstić information content (AvgIpc) is 3.15. The summed E-state index contributed by atoms with van der Waals surface area (Å²) in [6.45, 7) is 4.00. The highest BCUT2D eigenvalue weighted by molar-refractivity contribution is 7.12. The minimum absolute atomic E-state index is 0.0617. The summed E-state index contributed by atoms with van der Waals surface area (Å²) in [4.78, 5) is 18.3. The van der Waals surface area contributed by atoms with Crippen molar-refractivity contribution in [2.45, 2.75) is 51.1 Å². The van der Waals surface area contributed by atoms with Crippen molar-refractivity contribution in [3.63, 3.8) is 0 Å². The Balaban J connectivity index is 1.76. The molecule has 1 aromatic heterocycles. The van der Waals surface area contributed by atoms with Gasteiger partial charge in [-0.15, -0.1) is 11.3 Å². The van der Waals surface area contributed by atoms with Crippen LogP contribution in [0.15, 0.2) is 24.3 Å². The lowest BCUT2D eigenvalue weighted by atomic mass is 9.98. The molecule has 0 spiro atoms. The van der Waals surface area contributed by atoms with Crippen LogP contribution in [0.1, 0.15) is 48.5 Å². The summed E-state index contributed by atoms with van der Waals surface area (Å²) in [6, 6.07) is 7.50. The minimum Gasteiger partial charge on any atom is -0.346 e. The number of hydrogen-bond acceptors (Lipinski definition) is 4. The average molecular weight is 364 g/mol. The van der Waals surface area contributed by atoms with Crippen molar-refractivity contribution in [1.29, 1.82) is 0 Å². The Morgan fingerprint density at radius 1 is 1.33 bits per heavy atom. The van der Waals surface area contributed by atoms with Crippen LogP contribution in [0.5, 0.6) is 0 Å². The number of hydrogen-bond donors (Lipinski definition) is 2. The van der Waals surface area contributed by atoms with Crippen LogP contribution in [0.25, 0.3) is 11.3 Å². The maximum Gasteiger partial charge on any atom is 0.240 e. The molecule has 6 heteroatoms. The van der Waals surface area contributed by atoms with Crippen molar-refractivity contribution in [3.05, 3.63) is 39.2 Å². The Morgan fingerprint density at radius 3 is 2.58 bits per heavy atom. The van der Waals surface area contributed by atoms with Gasteiger partial charge in [-0.2, -0.15) is 0 Å². The number of benzene rings is 1. The molecular weight excluding hydrogens is 342 g/mol. The number of nitrogens with zero attached hydrogens (tertiary/aromatic N) is 1. The van der Waals surface area contributed by atoms with E-state index in [1.54, 1.807) is 11.3 Å². The molecule has 0 aliphatic heterocycles. The SMILES string of the molecule is Cc1sc(C(C)NC(=O)C2(N)CCCC2)nc1-c1ccc(Cl)cc1. The van der Waals surface area contributed by atoms with E-state index in [4.69, 9.17) is 22.3 Å². The standard InChI is InChI=1S/C18H22ClN3OS/c1-11(21-17(23)18(20)9-3-4-10-18)16-22-15(12(2)24-16)13-5-7-14(19)8-6-13/h5-8,11H,3-4,9-10,20H2,1-2H3,(H,21,23). The van der Waals surface area contributed by atoms with Crippen molar-refractivity contribution in [3.8, 4) is 11.3 Å². The Hall–Kier alpha value is -1.43. The van der Waals surface area contributed by atoms with Crippen molar-refractivity contribution in [2.24, 2.45) is 5.73 Å². The molecule has 2 aromatic rings. The molecule has 1 atom stereocenters. The second-order valence-electron chi connectivity index (χ2n) is 6.52. The number of aromatic nitrogens is 1. The first-order valence-corrected chi connectivity index (χ1v) is 9.41.